The van der Waals surface area contributed by atoms with Crippen molar-refractivity contribution in [3.63, 3.8) is 0 Å². The second kappa shape index (κ2) is 5.63. The van der Waals surface area contributed by atoms with Crippen LogP contribution in [0.4, 0.5) is 4.39 Å². The Morgan fingerprint density at radius 1 is 1.44 bits per heavy atom. The first-order valence-electron chi connectivity index (χ1n) is 5.75. The van der Waals surface area contributed by atoms with Gasteiger partial charge in [-0.3, -0.25) is 0 Å². The Labute approximate surface area is 114 Å². The zero-order valence-corrected chi connectivity index (χ0v) is 11.8. The molecular formula is C13H14BrFN2O. The van der Waals surface area contributed by atoms with Gasteiger partial charge in [-0.2, -0.15) is 0 Å². The smallest absolute Gasteiger partial charge is 0.211 e. The summed E-state index contributed by atoms with van der Waals surface area (Å²) in [6, 6.07) is 4.67. The average molecular weight is 313 g/mol. The van der Waals surface area contributed by atoms with Crippen molar-refractivity contribution in [1.82, 2.24) is 10.3 Å². The molecule has 1 aromatic heterocycles. The average Bonchev–Trinajstić information content (AvgIpc) is 2.77. The summed E-state index contributed by atoms with van der Waals surface area (Å²) in [5.41, 5.74) is 0.671. The maximum absolute atomic E-state index is 13.3. The van der Waals surface area contributed by atoms with Gasteiger partial charge < -0.3 is 9.73 Å². The van der Waals surface area contributed by atoms with Crippen molar-refractivity contribution in [2.45, 2.75) is 19.9 Å². The lowest BCUT2D eigenvalue weighted by Gasteiger charge is -2.06. The minimum absolute atomic E-state index is 0.0424. The van der Waals surface area contributed by atoms with Crippen LogP contribution in [0.2, 0.25) is 0 Å². The summed E-state index contributed by atoms with van der Waals surface area (Å²) in [5.74, 6) is 0.860. The van der Waals surface area contributed by atoms with Crippen molar-refractivity contribution >= 4 is 15.9 Å². The lowest BCUT2D eigenvalue weighted by atomic mass is 10.2. The number of hydrogen-bond acceptors (Lipinski definition) is 3. The van der Waals surface area contributed by atoms with E-state index in [-0.39, 0.29) is 11.9 Å². The van der Waals surface area contributed by atoms with Crippen LogP contribution in [0, 0.1) is 5.82 Å². The molecule has 1 heterocycles. The summed E-state index contributed by atoms with van der Waals surface area (Å²) in [6.45, 7) is 4.83. The maximum atomic E-state index is 13.3. The Balaban J connectivity index is 2.29. The van der Waals surface area contributed by atoms with E-state index in [2.05, 4.69) is 26.2 Å². The van der Waals surface area contributed by atoms with Gasteiger partial charge in [0, 0.05) is 10.0 Å². The topological polar surface area (TPSA) is 38.1 Å². The van der Waals surface area contributed by atoms with Crippen LogP contribution < -0.4 is 5.32 Å². The van der Waals surface area contributed by atoms with E-state index in [1.807, 2.05) is 13.8 Å². The standard InChI is InChI=1S/C13H14BrFN2O/c1-3-16-8(2)13-17-7-12(18-13)9-4-10(14)6-11(15)5-9/h4-8,16H,3H2,1-2H3. The van der Waals surface area contributed by atoms with E-state index in [1.54, 1.807) is 12.3 Å². The molecule has 5 heteroatoms. The highest BCUT2D eigenvalue weighted by Crippen LogP contribution is 2.26. The van der Waals surface area contributed by atoms with Crippen LogP contribution in [0.3, 0.4) is 0 Å². The molecule has 2 rings (SSSR count). The van der Waals surface area contributed by atoms with E-state index in [4.69, 9.17) is 4.42 Å². The Morgan fingerprint density at radius 3 is 2.89 bits per heavy atom. The normalized spacial score (nSPS) is 12.7. The molecule has 0 amide bonds. The van der Waals surface area contributed by atoms with E-state index in [0.717, 1.165) is 6.54 Å². The van der Waals surface area contributed by atoms with Crippen molar-refractivity contribution in [1.29, 1.82) is 0 Å². The molecule has 96 valence electrons. The molecule has 0 aliphatic rings. The second-order valence-corrected chi connectivity index (χ2v) is 4.92. The van der Waals surface area contributed by atoms with E-state index in [1.165, 1.54) is 12.1 Å². The van der Waals surface area contributed by atoms with Gasteiger partial charge in [0.15, 0.2) is 5.76 Å². The molecule has 0 saturated heterocycles. The number of rotatable bonds is 4. The van der Waals surface area contributed by atoms with Crippen LogP contribution in [0.5, 0.6) is 0 Å². The van der Waals surface area contributed by atoms with Crippen molar-refractivity contribution in [3.8, 4) is 11.3 Å². The molecule has 3 nitrogen and oxygen atoms in total. The van der Waals surface area contributed by atoms with Gasteiger partial charge in [-0.15, -0.1) is 0 Å². The molecule has 0 saturated carbocycles. The second-order valence-electron chi connectivity index (χ2n) is 4.00. The fourth-order valence-electron chi connectivity index (χ4n) is 1.71. The van der Waals surface area contributed by atoms with E-state index >= 15 is 0 Å². The quantitative estimate of drug-likeness (QED) is 0.930. The first kappa shape index (κ1) is 13.2. The molecule has 1 aromatic carbocycles. The number of benzene rings is 1. The molecule has 0 aliphatic carbocycles. The number of hydrogen-bond donors (Lipinski definition) is 1. The van der Waals surface area contributed by atoms with Crippen LogP contribution in [0.25, 0.3) is 11.3 Å². The van der Waals surface area contributed by atoms with Crippen LogP contribution in [-0.2, 0) is 0 Å². The monoisotopic (exact) mass is 312 g/mol. The number of nitrogens with zero attached hydrogens (tertiary/aromatic N) is 1. The largest absolute Gasteiger partial charge is 0.439 e. The van der Waals surface area contributed by atoms with Gasteiger partial charge in [-0.05, 0) is 31.7 Å². The Kier molecular flexibility index (Phi) is 4.14. The van der Waals surface area contributed by atoms with E-state index < -0.39 is 0 Å². The lowest BCUT2D eigenvalue weighted by Crippen LogP contribution is -2.17. The zero-order chi connectivity index (χ0) is 13.1. The van der Waals surface area contributed by atoms with Gasteiger partial charge in [-0.1, -0.05) is 22.9 Å². The molecule has 0 bridgehead atoms. The Morgan fingerprint density at radius 2 is 2.22 bits per heavy atom. The van der Waals surface area contributed by atoms with E-state index in [9.17, 15) is 4.39 Å². The van der Waals surface area contributed by atoms with Crippen LogP contribution in [-0.4, -0.2) is 11.5 Å². The van der Waals surface area contributed by atoms with Crippen molar-refractivity contribution < 1.29 is 8.81 Å². The van der Waals surface area contributed by atoms with Crippen molar-refractivity contribution in [2.75, 3.05) is 6.54 Å². The number of halogens is 2. The summed E-state index contributed by atoms with van der Waals surface area (Å²) in [4.78, 5) is 4.20. The maximum Gasteiger partial charge on any atom is 0.211 e. The lowest BCUT2D eigenvalue weighted by molar-refractivity contribution is 0.429. The molecule has 0 radical (unpaired) electrons. The fraction of sp³-hybridized carbons (Fsp3) is 0.308. The first-order chi connectivity index (χ1) is 8.60. The Bertz CT molecular complexity index is 521. The third-order valence-electron chi connectivity index (χ3n) is 2.55. The zero-order valence-electron chi connectivity index (χ0n) is 10.2. The molecule has 18 heavy (non-hydrogen) atoms. The third kappa shape index (κ3) is 2.97. The predicted octanol–water partition coefficient (Wildman–Crippen LogP) is 3.91. The van der Waals surface area contributed by atoms with Gasteiger partial charge in [0.05, 0.1) is 12.2 Å². The number of oxazole rings is 1. The predicted molar refractivity (Wildman–Crippen MR) is 71.7 cm³/mol. The Hall–Kier alpha value is -1.20. The number of aromatic nitrogens is 1. The molecule has 1 unspecified atom stereocenters. The van der Waals surface area contributed by atoms with Gasteiger partial charge in [0.2, 0.25) is 5.89 Å². The molecule has 1 atom stereocenters. The van der Waals surface area contributed by atoms with Gasteiger partial charge in [-0.25, -0.2) is 9.37 Å². The van der Waals surface area contributed by atoms with Crippen LogP contribution in [0.1, 0.15) is 25.8 Å². The number of nitrogens with one attached hydrogen (secondary N) is 1. The minimum Gasteiger partial charge on any atom is -0.439 e. The molecule has 0 aliphatic heterocycles. The molecule has 2 aromatic rings. The fourth-order valence-corrected chi connectivity index (χ4v) is 2.18. The molecule has 1 N–H and O–H groups in total. The summed E-state index contributed by atoms with van der Waals surface area (Å²) in [5, 5.41) is 3.21. The highest BCUT2D eigenvalue weighted by atomic mass is 79.9. The van der Waals surface area contributed by atoms with Crippen molar-refractivity contribution in [2.24, 2.45) is 0 Å². The SMILES string of the molecule is CCNC(C)c1ncc(-c2cc(F)cc(Br)c2)o1. The van der Waals surface area contributed by atoms with Gasteiger partial charge in [0.25, 0.3) is 0 Å². The summed E-state index contributed by atoms with van der Waals surface area (Å²) in [7, 11) is 0. The van der Waals surface area contributed by atoms with Gasteiger partial charge >= 0.3 is 0 Å². The van der Waals surface area contributed by atoms with Crippen LogP contribution >= 0.6 is 15.9 Å². The van der Waals surface area contributed by atoms with Gasteiger partial charge in [0.1, 0.15) is 5.82 Å². The minimum atomic E-state index is -0.308. The highest BCUT2D eigenvalue weighted by Gasteiger charge is 2.13. The molecule has 0 fully saturated rings. The highest BCUT2D eigenvalue weighted by molar-refractivity contribution is 9.10. The van der Waals surface area contributed by atoms with Crippen LogP contribution in [0.15, 0.2) is 33.3 Å². The molecule has 0 spiro atoms. The summed E-state index contributed by atoms with van der Waals surface area (Å²) < 4.78 is 19.6. The van der Waals surface area contributed by atoms with E-state index in [0.29, 0.717) is 21.7 Å². The molecular weight excluding hydrogens is 299 g/mol. The summed E-state index contributed by atoms with van der Waals surface area (Å²) in [6.07, 6.45) is 1.62. The summed E-state index contributed by atoms with van der Waals surface area (Å²) >= 11 is 3.26. The first-order valence-corrected chi connectivity index (χ1v) is 6.55. The van der Waals surface area contributed by atoms with Crippen molar-refractivity contribution in [3.05, 3.63) is 40.6 Å². The third-order valence-corrected chi connectivity index (χ3v) is 3.01.